The molecule has 1 aromatic rings. The van der Waals surface area contributed by atoms with E-state index in [1.165, 1.54) is 12.8 Å². The Balaban J connectivity index is 1.49. The summed E-state index contributed by atoms with van der Waals surface area (Å²) >= 11 is 0. The van der Waals surface area contributed by atoms with Gasteiger partial charge in [-0.1, -0.05) is 30.3 Å². The molecule has 1 heterocycles. The number of likely N-dealkylation sites (tertiary alicyclic amines) is 1. The third kappa shape index (κ3) is 3.96. The maximum Gasteiger partial charge on any atom is 0.225 e. The van der Waals surface area contributed by atoms with Gasteiger partial charge < -0.3 is 15.1 Å². The summed E-state index contributed by atoms with van der Waals surface area (Å²) in [6, 6.07) is 10.7. The van der Waals surface area contributed by atoms with Gasteiger partial charge in [0.05, 0.1) is 12.0 Å². The number of hydrogen-bond donors (Lipinski definition) is 1. The van der Waals surface area contributed by atoms with E-state index in [1.54, 1.807) is 0 Å². The van der Waals surface area contributed by atoms with Crippen molar-refractivity contribution in [2.75, 3.05) is 26.7 Å². The fraction of sp³-hybridized carbons (Fsp3) is 0.579. The van der Waals surface area contributed by atoms with E-state index in [0.717, 1.165) is 12.1 Å². The van der Waals surface area contributed by atoms with Gasteiger partial charge in [-0.05, 0) is 32.4 Å². The summed E-state index contributed by atoms with van der Waals surface area (Å²) in [5.74, 6) is -0.146. The monoisotopic (exact) mass is 329 g/mol. The molecular weight excluding hydrogens is 302 g/mol. The molecule has 2 atom stereocenters. The molecule has 1 N–H and O–H groups in total. The first-order valence-corrected chi connectivity index (χ1v) is 8.88. The molecule has 1 aliphatic carbocycles. The first-order chi connectivity index (χ1) is 11.6. The van der Waals surface area contributed by atoms with Crippen LogP contribution in [-0.2, 0) is 9.59 Å². The number of benzene rings is 1. The molecule has 1 aliphatic heterocycles. The van der Waals surface area contributed by atoms with Crippen LogP contribution in [0.25, 0.3) is 0 Å². The second kappa shape index (κ2) is 7.34. The second-order valence-corrected chi connectivity index (χ2v) is 7.04. The summed E-state index contributed by atoms with van der Waals surface area (Å²) in [6.07, 6.45) is 2.86. The van der Waals surface area contributed by atoms with Crippen LogP contribution in [0, 0.1) is 5.92 Å². The van der Waals surface area contributed by atoms with Gasteiger partial charge in [-0.15, -0.1) is 0 Å². The molecule has 5 heteroatoms. The van der Waals surface area contributed by atoms with Crippen LogP contribution < -0.4 is 5.32 Å². The highest BCUT2D eigenvalue weighted by Crippen LogP contribution is 2.28. The fourth-order valence-corrected chi connectivity index (χ4v) is 3.39. The summed E-state index contributed by atoms with van der Waals surface area (Å²) in [5.41, 5.74) is 1.11. The van der Waals surface area contributed by atoms with Crippen LogP contribution >= 0.6 is 0 Å². The zero-order valence-corrected chi connectivity index (χ0v) is 14.6. The minimum absolute atomic E-state index is 0.00955. The van der Waals surface area contributed by atoms with Crippen molar-refractivity contribution < 1.29 is 9.59 Å². The molecule has 2 amide bonds. The van der Waals surface area contributed by atoms with E-state index in [9.17, 15) is 9.59 Å². The van der Waals surface area contributed by atoms with Gasteiger partial charge in [0.1, 0.15) is 0 Å². The number of carbonyl (C=O) groups is 2. The van der Waals surface area contributed by atoms with Gasteiger partial charge in [-0.3, -0.25) is 9.59 Å². The molecule has 0 aromatic heterocycles. The number of likely N-dealkylation sites (N-methyl/N-ethyl adjacent to an activating group) is 1. The Morgan fingerprint density at radius 3 is 2.71 bits per heavy atom. The lowest BCUT2D eigenvalue weighted by atomic mass is 10.1. The Hall–Kier alpha value is -1.88. The van der Waals surface area contributed by atoms with Crippen molar-refractivity contribution in [3.63, 3.8) is 0 Å². The molecule has 24 heavy (non-hydrogen) atoms. The molecule has 0 radical (unpaired) electrons. The van der Waals surface area contributed by atoms with Crippen LogP contribution in [0.4, 0.5) is 0 Å². The van der Waals surface area contributed by atoms with Crippen molar-refractivity contribution in [3.8, 4) is 0 Å². The minimum atomic E-state index is -0.227. The lowest BCUT2D eigenvalue weighted by molar-refractivity contribution is -0.130. The van der Waals surface area contributed by atoms with Crippen LogP contribution in [0.5, 0.6) is 0 Å². The Bertz CT molecular complexity index is 586. The Morgan fingerprint density at radius 2 is 2.04 bits per heavy atom. The average Bonchev–Trinajstić information content (AvgIpc) is 3.37. The van der Waals surface area contributed by atoms with Gasteiger partial charge >= 0.3 is 0 Å². The molecule has 1 saturated carbocycles. The number of nitrogens with zero attached hydrogens (tertiary/aromatic N) is 2. The van der Waals surface area contributed by atoms with Crippen molar-refractivity contribution >= 4 is 11.8 Å². The lowest BCUT2D eigenvalue weighted by Gasteiger charge is -2.25. The first-order valence-electron chi connectivity index (χ1n) is 8.88. The molecule has 5 nitrogen and oxygen atoms in total. The number of rotatable bonds is 7. The summed E-state index contributed by atoms with van der Waals surface area (Å²) in [5, 5.41) is 3.00. The minimum Gasteiger partial charge on any atom is -0.355 e. The smallest absolute Gasteiger partial charge is 0.225 e. The largest absolute Gasteiger partial charge is 0.355 e. The van der Waals surface area contributed by atoms with Crippen LogP contribution in [-0.4, -0.2) is 54.3 Å². The molecule has 0 spiro atoms. The Morgan fingerprint density at radius 1 is 1.33 bits per heavy atom. The predicted octanol–water partition coefficient (Wildman–Crippen LogP) is 1.81. The van der Waals surface area contributed by atoms with E-state index >= 15 is 0 Å². The van der Waals surface area contributed by atoms with Gasteiger partial charge in [-0.2, -0.15) is 0 Å². The lowest BCUT2D eigenvalue weighted by Crippen LogP contribution is -2.38. The normalized spacial score (nSPS) is 22.0. The third-order valence-corrected chi connectivity index (χ3v) is 5.21. The standard InChI is InChI=1S/C19H27N3O2/c1-14(15-6-4-3-5-7-15)22-13-16(12-18(22)23)19(24)20-10-11-21(2)17-8-9-17/h3-7,14,16-17H,8-13H2,1-2H3,(H,20,24)/t14-,16-/m1/s1. The van der Waals surface area contributed by atoms with E-state index in [4.69, 9.17) is 0 Å². The highest BCUT2D eigenvalue weighted by atomic mass is 16.2. The van der Waals surface area contributed by atoms with E-state index in [0.29, 0.717) is 25.6 Å². The summed E-state index contributed by atoms with van der Waals surface area (Å²) in [7, 11) is 2.10. The number of nitrogens with one attached hydrogen (secondary N) is 1. The van der Waals surface area contributed by atoms with Crippen LogP contribution in [0.3, 0.4) is 0 Å². The summed E-state index contributed by atoms with van der Waals surface area (Å²) in [6.45, 7) is 4.07. The van der Waals surface area contributed by atoms with Crippen molar-refractivity contribution in [3.05, 3.63) is 35.9 Å². The number of carbonyl (C=O) groups excluding carboxylic acids is 2. The van der Waals surface area contributed by atoms with Gasteiger partial charge in [0.2, 0.25) is 11.8 Å². The van der Waals surface area contributed by atoms with Crippen molar-refractivity contribution in [2.24, 2.45) is 5.92 Å². The summed E-state index contributed by atoms with van der Waals surface area (Å²) in [4.78, 5) is 28.8. The molecular formula is C19H27N3O2. The van der Waals surface area contributed by atoms with Crippen LogP contribution in [0.2, 0.25) is 0 Å². The molecule has 1 saturated heterocycles. The van der Waals surface area contributed by atoms with Crippen molar-refractivity contribution in [1.82, 2.24) is 15.1 Å². The van der Waals surface area contributed by atoms with Gasteiger partial charge in [0.25, 0.3) is 0 Å². The number of amides is 2. The first kappa shape index (κ1) is 17.0. The fourth-order valence-electron chi connectivity index (χ4n) is 3.39. The maximum absolute atomic E-state index is 12.4. The van der Waals surface area contributed by atoms with Crippen LogP contribution in [0.15, 0.2) is 30.3 Å². The molecule has 2 aliphatic rings. The SMILES string of the molecule is C[C@H](c1ccccc1)N1C[C@H](C(=O)NCCN(C)C2CC2)CC1=O. The number of hydrogen-bond acceptors (Lipinski definition) is 3. The zero-order valence-electron chi connectivity index (χ0n) is 14.6. The summed E-state index contributed by atoms with van der Waals surface area (Å²) < 4.78 is 0. The topological polar surface area (TPSA) is 52.7 Å². The quantitative estimate of drug-likeness (QED) is 0.830. The van der Waals surface area contributed by atoms with Crippen molar-refractivity contribution in [1.29, 1.82) is 0 Å². The highest BCUT2D eigenvalue weighted by molar-refractivity contribution is 5.89. The van der Waals surface area contributed by atoms with E-state index in [1.807, 2.05) is 42.2 Å². The molecule has 3 rings (SSSR count). The van der Waals surface area contributed by atoms with Crippen molar-refractivity contribution in [2.45, 2.75) is 38.3 Å². The van der Waals surface area contributed by atoms with Gasteiger partial charge in [0.15, 0.2) is 0 Å². The maximum atomic E-state index is 12.4. The average molecular weight is 329 g/mol. The van der Waals surface area contributed by atoms with E-state index < -0.39 is 0 Å². The molecule has 130 valence electrons. The predicted molar refractivity (Wildman–Crippen MR) is 93.3 cm³/mol. The van der Waals surface area contributed by atoms with E-state index in [2.05, 4.69) is 17.3 Å². The van der Waals surface area contributed by atoms with E-state index in [-0.39, 0.29) is 23.8 Å². The molecule has 1 aromatic carbocycles. The van der Waals surface area contributed by atoms with Crippen LogP contribution in [0.1, 0.15) is 37.8 Å². The van der Waals surface area contributed by atoms with Gasteiger partial charge in [-0.25, -0.2) is 0 Å². The Kier molecular flexibility index (Phi) is 5.19. The highest BCUT2D eigenvalue weighted by Gasteiger charge is 2.36. The molecule has 0 bridgehead atoms. The zero-order chi connectivity index (χ0) is 17.1. The molecule has 2 fully saturated rings. The third-order valence-electron chi connectivity index (χ3n) is 5.21. The second-order valence-electron chi connectivity index (χ2n) is 7.04. The Labute approximate surface area is 144 Å². The molecule has 0 unspecified atom stereocenters. The van der Waals surface area contributed by atoms with Gasteiger partial charge in [0, 0.05) is 32.1 Å².